The lowest BCUT2D eigenvalue weighted by Gasteiger charge is -2.09. The normalized spacial score (nSPS) is 9.94. The molecule has 0 amide bonds. The van der Waals surface area contributed by atoms with Crippen molar-refractivity contribution in [1.29, 1.82) is 5.41 Å². The number of ether oxygens (including phenoxy) is 1. The van der Waals surface area contributed by atoms with Crippen LogP contribution in [0.5, 0.6) is 5.75 Å². The SMILES string of the molecule is COc1cnc(C(=N)N)c(-c2ccncc2)c1. The van der Waals surface area contributed by atoms with E-state index >= 15 is 0 Å². The van der Waals surface area contributed by atoms with Crippen molar-refractivity contribution in [2.75, 3.05) is 7.11 Å². The molecule has 0 aliphatic heterocycles. The van der Waals surface area contributed by atoms with E-state index in [0.29, 0.717) is 11.4 Å². The second-order valence-corrected chi connectivity index (χ2v) is 3.42. The van der Waals surface area contributed by atoms with Crippen LogP contribution in [-0.4, -0.2) is 22.9 Å². The molecular formula is C12H12N4O. The van der Waals surface area contributed by atoms with Gasteiger partial charge in [-0.25, -0.2) is 4.98 Å². The topological polar surface area (TPSA) is 84.9 Å². The van der Waals surface area contributed by atoms with E-state index in [9.17, 15) is 0 Å². The summed E-state index contributed by atoms with van der Waals surface area (Å²) in [5.74, 6) is 0.557. The first-order valence-electron chi connectivity index (χ1n) is 5.01. The van der Waals surface area contributed by atoms with Crippen LogP contribution < -0.4 is 10.5 Å². The van der Waals surface area contributed by atoms with Crippen molar-refractivity contribution >= 4 is 5.84 Å². The van der Waals surface area contributed by atoms with E-state index in [-0.39, 0.29) is 5.84 Å². The number of nitrogens with one attached hydrogen (secondary N) is 1. The Morgan fingerprint density at radius 1 is 1.35 bits per heavy atom. The molecule has 0 unspecified atom stereocenters. The van der Waals surface area contributed by atoms with E-state index in [4.69, 9.17) is 15.9 Å². The van der Waals surface area contributed by atoms with E-state index in [1.165, 1.54) is 0 Å². The number of pyridine rings is 2. The predicted octanol–water partition coefficient (Wildman–Crippen LogP) is 1.44. The Balaban J connectivity index is 2.61. The molecule has 2 heterocycles. The quantitative estimate of drug-likeness (QED) is 0.614. The van der Waals surface area contributed by atoms with Crippen molar-refractivity contribution in [2.24, 2.45) is 5.73 Å². The molecule has 2 aromatic heterocycles. The maximum atomic E-state index is 7.51. The summed E-state index contributed by atoms with van der Waals surface area (Å²) in [6.45, 7) is 0. The van der Waals surface area contributed by atoms with Crippen LogP contribution in [0.1, 0.15) is 5.69 Å². The van der Waals surface area contributed by atoms with E-state index in [1.54, 1.807) is 31.8 Å². The number of rotatable bonds is 3. The van der Waals surface area contributed by atoms with Crippen LogP contribution in [0.3, 0.4) is 0 Å². The number of hydrogen-bond donors (Lipinski definition) is 2. The summed E-state index contributed by atoms with van der Waals surface area (Å²) in [5, 5.41) is 7.51. The highest BCUT2D eigenvalue weighted by atomic mass is 16.5. The molecule has 0 bridgehead atoms. The molecule has 0 aliphatic carbocycles. The molecule has 0 saturated carbocycles. The third kappa shape index (κ3) is 2.23. The summed E-state index contributed by atoms with van der Waals surface area (Å²) in [7, 11) is 1.57. The van der Waals surface area contributed by atoms with Crippen LogP contribution in [0.15, 0.2) is 36.8 Å². The standard InChI is InChI=1S/C12H12N4O/c1-17-9-6-10(8-2-4-15-5-3-8)11(12(13)14)16-7-9/h2-7H,1H3,(H3,13,14). The zero-order chi connectivity index (χ0) is 12.3. The van der Waals surface area contributed by atoms with Crippen molar-refractivity contribution in [3.8, 4) is 16.9 Å². The Bertz CT molecular complexity index is 539. The highest BCUT2D eigenvalue weighted by molar-refractivity contribution is 5.99. The van der Waals surface area contributed by atoms with Crippen molar-refractivity contribution in [3.63, 3.8) is 0 Å². The van der Waals surface area contributed by atoms with Crippen LogP contribution in [0.2, 0.25) is 0 Å². The van der Waals surface area contributed by atoms with Gasteiger partial charge in [0.25, 0.3) is 0 Å². The monoisotopic (exact) mass is 228 g/mol. The van der Waals surface area contributed by atoms with Crippen LogP contribution in [0.25, 0.3) is 11.1 Å². The van der Waals surface area contributed by atoms with Crippen LogP contribution in [-0.2, 0) is 0 Å². The first-order valence-corrected chi connectivity index (χ1v) is 5.01. The number of nitrogen functional groups attached to an aromatic ring is 1. The lowest BCUT2D eigenvalue weighted by Crippen LogP contribution is -2.14. The first kappa shape index (κ1) is 11.1. The molecule has 0 radical (unpaired) electrons. The molecule has 0 atom stereocenters. The second kappa shape index (κ2) is 4.61. The van der Waals surface area contributed by atoms with Crippen molar-refractivity contribution in [2.45, 2.75) is 0 Å². The Morgan fingerprint density at radius 3 is 2.65 bits per heavy atom. The van der Waals surface area contributed by atoms with Gasteiger partial charge in [0.2, 0.25) is 0 Å². The van der Waals surface area contributed by atoms with E-state index in [1.807, 2.05) is 12.1 Å². The van der Waals surface area contributed by atoms with Crippen molar-refractivity contribution in [1.82, 2.24) is 9.97 Å². The number of hydrogen-bond acceptors (Lipinski definition) is 4. The lowest BCUT2D eigenvalue weighted by atomic mass is 10.0. The maximum Gasteiger partial charge on any atom is 0.142 e. The van der Waals surface area contributed by atoms with Gasteiger partial charge in [-0.05, 0) is 23.8 Å². The van der Waals surface area contributed by atoms with Gasteiger partial charge in [-0.3, -0.25) is 10.4 Å². The van der Waals surface area contributed by atoms with Gasteiger partial charge < -0.3 is 10.5 Å². The van der Waals surface area contributed by atoms with Crippen LogP contribution in [0.4, 0.5) is 0 Å². The Labute approximate surface area is 98.8 Å². The molecule has 0 fully saturated rings. The zero-order valence-electron chi connectivity index (χ0n) is 9.34. The van der Waals surface area contributed by atoms with Gasteiger partial charge in [0, 0.05) is 18.0 Å². The van der Waals surface area contributed by atoms with E-state index in [2.05, 4.69) is 9.97 Å². The minimum atomic E-state index is -0.0699. The highest BCUT2D eigenvalue weighted by Gasteiger charge is 2.10. The molecule has 0 aromatic carbocycles. The third-order valence-electron chi connectivity index (χ3n) is 2.34. The fourth-order valence-electron chi connectivity index (χ4n) is 1.52. The van der Waals surface area contributed by atoms with Crippen molar-refractivity contribution < 1.29 is 4.74 Å². The minimum absolute atomic E-state index is 0.0699. The smallest absolute Gasteiger partial charge is 0.142 e. The minimum Gasteiger partial charge on any atom is -0.495 e. The first-order chi connectivity index (χ1) is 8.22. The van der Waals surface area contributed by atoms with Gasteiger partial charge in [-0.2, -0.15) is 0 Å². The number of aromatic nitrogens is 2. The highest BCUT2D eigenvalue weighted by Crippen LogP contribution is 2.25. The third-order valence-corrected chi connectivity index (χ3v) is 2.34. The molecule has 0 aliphatic rings. The van der Waals surface area contributed by atoms with Gasteiger partial charge in [0.15, 0.2) is 0 Å². The van der Waals surface area contributed by atoms with Crippen LogP contribution in [0, 0.1) is 5.41 Å². The fraction of sp³-hybridized carbons (Fsp3) is 0.0833. The lowest BCUT2D eigenvalue weighted by molar-refractivity contribution is 0.413. The summed E-state index contributed by atoms with van der Waals surface area (Å²) < 4.78 is 5.12. The molecule has 2 rings (SSSR count). The molecule has 3 N–H and O–H groups in total. The summed E-state index contributed by atoms with van der Waals surface area (Å²) in [6.07, 6.45) is 4.90. The molecule has 5 heteroatoms. The van der Waals surface area contributed by atoms with Crippen LogP contribution >= 0.6 is 0 Å². The van der Waals surface area contributed by atoms with E-state index in [0.717, 1.165) is 11.1 Å². The van der Waals surface area contributed by atoms with Gasteiger partial charge in [-0.1, -0.05) is 0 Å². The van der Waals surface area contributed by atoms with Gasteiger partial charge in [0.1, 0.15) is 17.3 Å². The zero-order valence-corrected chi connectivity index (χ0v) is 9.34. The van der Waals surface area contributed by atoms with Gasteiger partial charge in [-0.15, -0.1) is 0 Å². The maximum absolute atomic E-state index is 7.51. The number of nitrogens with zero attached hydrogens (tertiary/aromatic N) is 2. The average Bonchev–Trinajstić information content (AvgIpc) is 2.39. The van der Waals surface area contributed by atoms with Gasteiger partial charge >= 0.3 is 0 Å². The largest absolute Gasteiger partial charge is 0.495 e. The predicted molar refractivity (Wildman–Crippen MR) is 65.0 cm³/mol. The summed E-state index contributed by atoms with van der Waals surface area (Å²) >= 11 is 0. The van der Waals surface area contributed by atoms with E-state index < -0.39 is 0 Å². The average molecular weight is 228 g/mol. The van der Waals surface area contributed by atoms with Gasteiger partial charge in [0.05, 0.1) is 13.3 Å². The molecule has 5 nitrogen and oxygen atoms in total. The number of methoxy groups -OCH3 is 1. The molecule has 86 valence electrons. The summed E-state index contributed by atoms with van der Waals surface area (Å²) in [5.41, 5.74) is 7.61. The second-order valence-electron chi connectivity index (χ2n) is 3.42. The Hall–Kier alpha value is -2.43. The summed E-state index contributed by atoms with van der Waals surface area (Å²) in [6, 6.07) is 5.48. The molecule has 0 saturated heterocycles. The molecule has 0 spiro atoms. The van der Waals surface area contributed by atoms with Crippen molar-refractivity contribution in [3.05, 3.63) is 42.5 Å². The molecule has 2 aromatic rings. The Morgan fingerprint density at radius 2 is 2.06 bits per heavy atom. The fourth-order valence-corrected chi connectivity index (χ4v) is 1.52. The number of amidine groups is 1. The number of nitrogens with two attached hydrogens (primary N) is 1. The Kier molecular flexibility index (Phi) is 3.00. The molecule has 17 heavy (non-hydrogen) atoms. The molecular weight excluding hydrogens is 216 g/mol. The summed E-state index contributed by atoms with van der Waals surface area (Å²) in [4.78, 5) is 8.08.